The van der Waals surface area contributed by atoms with E-state index in [2.05, 4.69) is 15.5 Å². The van der Waals surface area contributed by atoms with E-state index >= 15 is 0 Å². The van der Waals surface area contributed by atoms with Crippen molar-refractivity contribution in [2.75, 3.05) is 13.2 Å². The van der Waals surface area contributed by atoms with E-state index in [0.717, 1.165) is 22.3 Å². The number of benzene rings is 1. The largest absolute Gasteiger partial charge is 0.462 e. The molecule has 3 heterocycles. The number of aryl methyl sites for hydroxylation is 3. The lowest BCUT2D eigenvalue weighted by Gasteiger charge is -2.14. The first-order chi connectivity index (χ1) is 15.9. The molecule has 4 aromatic rings. The SMILES string of the molecule is CCOC(=O)c1cnn(-c2cc(=O)n(C)c3ccccc23)c1CNCCn1nc(C)cc1C. The van der Waals surface area contributed by atoms with Crippen molar-refractivity contribution in [3.63, 3.8) is 0 Å². The molecular formula is C24H28N6O3. The number of ether oxygens (including phenoxy) is 1. The third kappa shape index (κ3) is 4.45. The molecule has 0 amide bonds. The van der Waals surface area contributed by atoms with Crippen LogP contribution in [0.2, 0.25) is 0 Å². The van der Waals surface area contributed by atoms with Crippen LogP contribution >= 0.6 is 0 Å². The van der Waals surface area contributed by atoms with Crippen molar-refractivity contribution in [1.82, 2.24) is 29.4 Å². The molecule has 0 atom stereocenters. The molecule has 0 aliphatic heterocycles. The van der Waals surface area contributed by atoms with E-state index in [1.807, 2.05) is 48.9 Å². The van der Waals surface area contributed by atoms with Gasteiger partial charge in [0, 0.05) is 37.3 Å². The molecule has 0 radical (unpaired) electrons. The predicted molar refractivity (Wildman–Crippen MR) is 126 cm³/mol. The van der Waals surface area contributed by atoms with Gasteiger partial charge in [0.15, 0.2) is 0 Å². The Labute approximate surface area is 191 Å². The van der Waals surface area contributed by atoms with Gasteiger partial charge in [0.2, 0.25) is 0 Å². The van der Waals surface area contributed by atoms with Crippen molar-refractivity contribution < 1.29 is 9.53 Å². The molecular weight excluding hydrogens is 420 g/mol. The summed E-state index contributed by atoms with van der Waals surface area (Å²) >= 11 is 0. The predicted octanol–water partition coefficient (Wildman–Crippen LogP) is 2.50. The van der Waals surface area contributed by atoms with Crippen molar-refractivity contribution in [2.45, 2.75) is 33.9 Å². The molecule has 0 bridgehead atoms. The lowest BCUT2D eigenvalue weighted by atomic mass is 10.1. The fourth-order valence-corrected chi connectivity index (χ4v) is 3.99. The Kier molecular flexibility index (Phi) is 6.41. The van der Waals surface area contributed by atoms with Gasteiger partial charge in [-0.25, -0.2) is 9.48 Å². The van der Waals surface area contributed by atoms with Crippen LogP contribution < -0.4 is 10.9 Å². The van der Waals surface area contributed by atoms with Gasteiger partial charge in [0.1, 0.15) is 5.56 Å². The zero-order chi connectivity index (χ0) is 23.5. The average Bonchev–Trinajstić information content (AvgIpc) is 3.36. The highest BCUT2D eigenvalue weighted by atomic mass is 16.5. The number of esters is 1. The second-order valence-corrected chi connectivity index (χ2v) is 7.91. The van der Waals surface area contributed by atoms with Gasteiger partial charge < -0.3 is 14.6 Å². The van der Waals surface area contributed by atoms with Crippen LogP contribution in [0.5, 0.6) is 0 Å². The molecule has 33 heavy (non-hydrogen) atoms. The highest BCUT2D eigenvalue weighted by Crippen LogP contribution is 2.23. The number of hydrogen-bond donors (Lipinski definition) is 1. The molecule has 3 aromatic heterocycles. The third-order valence-corrected chi connectivity index (χ3v) is 5.62. The van der Waals surface area contributed by atoms with Crippen molar-refractivity contribution in [1.29, 1.82) is 0 Å². The minimum Gasteiger partial charge on any atom is -0.462 e. The number of pyridine rings is 1. The number of rotatable bonds is 8. The molecule has 1 aromatic carbocycles. The third-order valence-electron chi connectivity index (χ3n) is 5.62. The molecule has 0 saturated carbocycles. The summed E-state index contributed by atoms with van der Waals surface area (Å²) in [5.41, 5.74) is 4.35. The number of nitrogens with one attached hydrogen (secondary N) is 1. The number of fused-ring (bicyclic) bond motifs is 1. The van der Waals surface area contributed by atoms with E-state index in [0.29, 0.717) is 36.6 Å². The van der Waals surface area contributed by atoms with Crippen LogP contribution in [0.3, 0.4) is 0 Å². The van der Waals surface area contributed by atoms with Crippen molar-refractivity contribution in [3.05, 3.63) is 75.6 Å². The average molecular weight is 449 g/mol. The highest BCUT2D eigenvalue weighted by Gasteiger charge is 2.21. The maximum absolute atomic E-state index is 12.6. The van der Waals surface area contributed by atoms with Crippen molar-refractivity contribution in [2.24, 2.45) is 7.05 Å². The number of aromatic nitrogens is 5. The minimum absolute atomic E-state index is 0.152. The Balaban J connectivity index is 1.69. The van der Waals surface area contributed by atoms with Gasteiger partial charge in [0.25, 0.3) is 5.56 Å². The summed E-state index contributed by atoms with van der Waals surface area (Å²) in [4.78, 5) is 25.3. The van der Waals surface area contributed by atoms with Crippen LogP contribution in [-0.2, 0) is 24.9 Å². The molecule has 0 aliphatic rings. The Morgan fingerprint density at radius 1 is 1.18 bits per heavy atom. The number of hydrogen-bond acceptors (Lipinski definition) is 6. The lowest BCUT2D eigenvalue weighted by molar-refractivity contribution is 0.0525. The summed E-state index contributed by atoms with van der Waals surface area (Å²) in [6, 6.07) is 11.2. The van der Waals surface area contributed by atoms with E-state index in [1.54, 1.807) is 29.3 Å². The molecule has 0 fully saturated rings. The van der Waals surface area contributed by atoms with E-state index in [4.69, 9.17) is 4.74 Å². The van der Waals surface area contributed by atoms with Crippen LogP contribution in [0.15, 0.2) is 47.4 Å². The fourth-order valence-electron chi connectivity index (χ4n) is 3.99. The van der Waals surface area contributed by atoms with Crippen LogP contribution in [0, 0.1) is 13.8 Å². The Morgan fingerprint density at radius 3 is 2.70 bits per heavy atom. The number of carbonyl (C=O) groups is 1. The van der Waals surface area contributed by atoms with Gasteiger partial charge in [0.05, 0.1) is 41.9 Å². The van der Waals surface area contributed by atoms with Gasteiger partial charge in [-0.05, 0) is 32.9 Å². The first-order valence-electron chi connectivity index (χ1n) is 11.0. The topological polar surface area (TPSA) is 96.0 Å². The molecule has 9 heteroatoms. The normalized spacial score (nSPS) is 11.3. The summed E-state index contributed by atoms with van der Waals surface area (Å²) in [5.74, 6) is -0.438. The Morgan fingerprint density at radius 2 is 1.97 bits per heavy atom. The van der Waals surface area contributed by atoms with Gasteiger partial charge in [-0.3, -0.25) is 9.48 Å². The smallest absolute Gasteiger partial charge is 0.341 e. The van der Waals surface area contributed by atoms with Gasteiger partial charge >= 0.3 is 5.97 Å². The van der Waals surface area contributed by atoms with E-state index in [-0.39, 0.29) is 12.2 Å². The molecule has 0 aliphatic carbocycles. The maximum Gasteiger partial charge on any atom is 0.341 e. The van der Waals surface area contributed by atoms with Gasteiger partial charge in [-0.1, -0.05) is 18.2 Å². The first-order valence-corrected chi connectivity index (χ1v) is 11.0. The maximum atomic E-state index is 12.6. The number of para-hydroxylation sites is 1. The zero-order valence-electron chi connectivity index (χ0n) is 19.3. The highest BCUT2D eigenvalue weighted by molar-refractivity contribution is 5.92. The van der Waals surface area contributed by atoms with Crippen LogP contribution in [0.4, 0.5) is 0 Å². The second-order valence-electron chi connectivity index (χ2n) is 7.91. The second kappa shape index (κ2) is 9.41. The van der Waals surface area contributed by atoms with Gasteiger partial charge in [-0.15, -0.1) is 0 Å². The fraction of sp³-hybridized carbons (Fsp3) is 0.333. The van der Waals surface area contributed by atoms with Crippen molar-refractivity contribution >= 4 is 16.9 Å². The van der Waals surface area contributed by atoms with Crippen molar-refractivity contribution in [3.8, 4) is 5.69 Å². The van der Waals surface area contributed by atoms with E-state index < -0.39 is 5.97 Å². The summed E-state index contributed by atoms with van der Waals surface area (Å²) < 4.78 is 10.4. The molecule has 1 N–H and O–H groups in total. The zero-order valence-corrected chi connectivity index (χ0v) is 19.3. The van der Waals surface area contributed by atoms with E-state index in [9.17, 15) is 9.59 Å². The van der Waals surface area contributed by atoms with Crippen LogP contribution in [0.1, 0.15) is 34.4 Å². The summed E-state index contributed by atoms with van der Waals surface area (Å²) in [6.07, 6.45) is 1.50. The molecule has 0 saturated heterocycles. The first kappa shape index (κ1) is 22.5. The standard InChI is InChI=1S/C24H28N6O3/c1-5-33-24(32)19-14-26-30(21-13-23(31)28(4)20-9-7-6-8-18(20)21)22(19)15-25-10-11-29-17(3)12-16(2)27-29/h6-9,12-14,25H,5,10-11,15H2,1-4H3. The number of nitrogens with zero attached hydrogens (tertiary/aromatic N) is 5. The summed E-state index contributed by atoms with van der Waals surface area (Å²) in [6.45, 7) is 7.73. The number of carbonyl (C=O) groups excluding carboxylic acids is 1. The lowest BCUT2D eigenvalue weighted by Crippen LogP contribution is -2.24. The molecule has 0 spiro atoms. The molecule has 9 nitrogen and oxygen atoms in total. The van der Waals surface area contributed by atoms with Gasteiger partial charge in [-0.2, -0.15) is 10.2 Å². The Hall–Kier alpha value is -3.72. The summed E-state index contributed by atoms with van der Waals surface area (Å²) in [7, 11) is 1.74. The molecule has 4 rings (SSSR count). The quantitative estimate of drug-likeness (QED) is 0.329. The Bertz CT molecular complexity index is 1360. The van der Waals surface area contributed by atoms with Crippen LogP contribution in [-0.4, -0.2) is 43.2 Å². The molecule has 0 unspecified atom stereocenters. The van der Waals surface area contributed by atoms with Crippen LogP contribution in [0.25, 0.3) is 16.6 Å². The summed E-state index contributed by atoms with van der Waals surface area (Å²) in [5, 5.41) is 13.2. The molecule has 172 valence electrons. The minimum atomic E-state index is -0.438. The van der Waals surface area contributed by atoms with E-state index in [1.165, 1.54) is 6.20 Å². The monoisotopic (exact) mass is 448 g/mol.